The molecule has 124 valence electrons. The molecule has 4 nitrogen and oxygen atoms in total. The van der Waals surface area contributed by atoms with Crippen molar-refractivity contribution in [1.29, 1.82) is 0 Å². The fraction of sp³-hybridized carbons (Fsp3) is 0.467. The number of aromatic nitrogens is 2. The molecule has 0 aliphatic carbocycles. The Morgan fingerprint density at radius 3 is 2.87 bits per heavy atom. The number of hydrogen-bond donors (Lipinski definition) is 0. The number of rotatable bonds is 3. The number of nitrogens with zero attached hydrogens (tertiary/aromatic N) is 3. The van der Waals surface area contributed by atoms with Crippen LogP contribution in [0.5, 0.6) is 0 Å². The van der Waals surface area contributed by atoms with Crippen LogP contribution in [-0.2, 0) is 6.54 Å². The summed E-state index contributed by atoms with van der Waals surface area (Å²) in [5.74, 6) is -0.666. The maximum atomic E-state index is 12.8. The number of benzene rings is 1. The van der Waals surface area contributed by atoms with Gasteiger partial charge in [0.1, 0.15) is 0 Å². The van der Waals surface area contributed by atoms with E-state index >= 15 is 0 Å². The lowest BCUT2D eigenvalue weighted by atomic mass is 9.97. The van der Waals surface area contributed by atoms with E-state index in [9.17, 15) is 13.2 Å². The van der Waals surface area contributed by atoms with Crippen LogP contribution in [0.3, 0.4) is 0 Å². The van der Waals surface area contributed by atoms with Crippen molar-refractivity contribution in [1.82, 2.24) is 15.1 Å². The molecule has 1 aliphatic heterocycles. The fourth-order valence-corrected chi connectivity index (χ4v) is 2.90. The molecule has 0 unspecified atom stereocenters. The van der Waals surface area contributed by atoms with Crippen molar-refractivity contribution in [3.8, 4) is 11.5 Å². The molecule has 1 atom stereocenters. The molecule has 2 aromatic rings. The lowest BCUT2D eigenvalue weighted by Gasteiger charge is -2.32. The minimum absolute atomic E-state index is 0.0294. The molecule has 1 aliphatic rings. The lowest BCUT2D eigenvalue weighted by Crippen LogP contribution is -2.41. The van der Waals surface area contributed by atoms with E-state index in [2.05, 4.69) is 10.2 Å². The van der Waals surface area contributed by atoms with Crippen molar-refractivity contribution < 1.29 is 17.6 Å². The summed E-state index contributed by atoms with van der Waals surface area (Å²) >= 11 is 5.91. The SMILES string of the molecule is FC(F)(F)[C@@H]1CCCN(Cc2nnc(-c3cccc(Cl)c3)o2)C1. The second kappa shape index (κ2) is 6.49. The van der Waals surface area contributed by atoms with E-state index in [1.54, 1.807) is 29.2 Å². The fourth-order valence-electron chi connectivity index (χ4n) is 2.71. The summed E-state index contributed by atoms with van der Waals surface area (Å²) in [5, 5.41) is 8.41. The molecule has 0 amide bonds. The minimum Gasteiger partial charge on any atom is -0.419 e. The van der Waals surface area contributed by atoms with Gasteiger partial charge >= 0.3 is 6.18 Å². The Balaban J connectivity index is 1.67. The van der Waals surface area contributed by atoms with Crippen LogP contribution in [0.1, 0.15) is 18.7 Å². The zero-order chi connectivity index (χ0) is 16.4. The Morgan fingerprint density at radius 2 is 2.13 bits per heavy atom. The van der Waals surface area contributed by atoms with Crippen LogP contribution < -0.4 is 0 Å². The van der Waals surface area contributed by atoms with E-state index in [0.29, 0.717) is 35.3 Å². The Hall–Kier alpha value is -1.60. The minimum atomic E-state index is -4.15. The summed E-state index contributed by atoms with van der Waals surface area (Å²) in [7, 11) is 0. The molecule has 1 saturated heterocycles. The summed E-state index contributed by atoms with van der Waals surface area (Å²) < 4.78 is 44.0. The molecule has 8 heteroatoms. The van der Waals surface area contributed by atoms with Crippen LogP contribution in [0, 0.1) is 5.92 Å². The average molecular weight is 346 g/mol. The van der Waals surface area contributed by atoms with Crippen molar-refractivity contribution >= 4 is 11.6 Å². The summed E-state index contributed by atoms with van der Waals surface area (Å²) in [5.41, 5.74) is 0.683. The molecular formula is C15H15ClF3N3O. The Morgan fingerprint density at radius 1 is 1.30 bits per heavy atom. The molecule has 3 rings (SSSR count). The number of likely N-dealkylation sites (tertiary alicyclic amines) is 1. The molecule has 23 heavy (non-hydrogen) atoms. The van der Waals surface area contributed by atoms with Gasteiger partial charge in [0.2, 0.25) is 11.8 Å². The lowest BCUT2D eigenvalue weighted by molar-refractivity contribution is -0.187. The maximum Gasteiger partial charge on any atom is 0.393 e. The van der Waals surface area contributed by atoms with Crippen LogP contribution >= 0.6 is 11.6 Å². The summed E-state index contributed by atoms with van der Waals surface area (Å²) in [4.78, 5) is 1.71. The molecule has 0 spiro atoms. The predicted molar refractivity (Wildman–Crippen MR) is 78.8 cm³/mol. The third kappa shape index (κ3) is 4.03. The Bertz CT molecular complexity index is 674. The predicted octanol–water partition coefficient (Wildman–Crippen LogP) is 4.16. The summed E-state index contributed by atoms with van der Waals surface area (Å²) in [6, 6.07) is 6.97. The molecule has 0 bridgehead atoms. The molecule has 0 N–H and O–H groups in total. The smallest absolute Gasteiger partial charge is 0.393 e. The van der Waals surface area contributed by atoms with Crippen molar-refractivity contribution in [3.05, 3.63) is 35.2 Å². The van der Waals surface area contributed by atoms with E-state index in [-0.39, 0.29) is 19.5 Å². The summed E-state index contributed by atoms with van der Waals surface area (Å²) in [6.07, 6.45) is -3.46. The molecular weight excluding hydrogens is 331 g/mol. The molecule has 1 fully saturated rings. The van der Waals surface area contributed by atoms with Gasteiger partial charge in [0.25, 0.3) is 0 Å². The topological polar surface area (TPSA) is 42.2 Å². The standard InChI is InChI=1S/C15H15ClF3N3O/c16-12-5-1-3-10(7-12)14-21-20-13(23-14)9-22-6-2-4-11(8-22)15(17,18)19/h1,3,5,7,11H,2,4,6,8-9H2/t11-/m1/s1. The van der Waals surface area contributed by atoms with Crippen molar-refractivity contribution in [2.45, 2.75) is 25.6 Å². The number of hydrogen-bond acceptors (Lipinski definition) is 4. The van der Waals surface area contributed by atoms with Crippen molar-refractivity contribution in [2.75, 3.05) is 13.1 Å². The second-order valence-electron chi connectivity index (χ2n) is 5.63. The highest BCUT2D eigenvalue weighted by molar-refractivity contribution is 6.30. The first kappa shape index (κ1) is 16.3. The second-order valence-corrected chi connectivity index (χ2v) is 6.06. The zero-order valence-corrected chi connectivity index (χ0v) is 12.9. The van der Waals surface area contributed by atoms with E-state index in [1.165, 1.54) is 0 Å². The van der Waals surface area contributed by atoms with Crippen molar-refractivity contribution in [3.63, 3.8) is 0 Å². The number of halogens is 4. The Kier molecular flexibility index (Phi) is 4.59. The van der Waals surface area contributed by atoms with Gasteiger partial charge in [-0.1, -0.05) is 17.7 Å². The number of alkyl halides is 3. The average Bonchev–Trinajstić information content (AvgIpc) is 2.95. The molecule has 1 aromatic heterocycles. The van der Waals surface area contributed by atoms with E-state index in [0.717, 1.165) is 0 Å². The van der Waals surface area contributed by atoms with Gasteiger partial charge < -0.3 is 4.42 Å². The van der Waals surface area contributed by atoms with E-state index in [1.807, 2.05) is 0 Å². The quantitative estimate of drug-likeness (QED) is 0.837. The van der Waals surface area contributed by atoms with Crippen LogP contribution in [0.25, 0.3) is 11.5 Å². The van der Waals surface area contributed by atoms with Gasteiger partial charge in [-0.3, -0.25) is 4.90 Å². The monoisotopic (exact) mass is 345 g/mol. The van der Waals surface area contributed by atoms with E-state index < -0.39 is 12.1 Å². The van der Waals surface area contributed by atoms with Gasteiger partial charge in [-0.2, -0.15) is 13.2 Å². The largest absolute Gasteiger partial charge is 0.419 e. The first-order valence-corrected chi connectivity index (χ1v) is 7.67. The van der Waals surface area contributed by atoms with Crippen LogP contribution in [0.4, 0.5) is 13.2 Å². The normalized spacial score (nSPS) is 19.9. The van der Waals surface area contributed by atoms with Gasteiger partial charge in [-0.05, 0) is 37.6 Å². The van der Waals surface area contributed by atoms with Gasteiger partial charge in [-0.25, -0.2) is 0 Å². The van der Waals surface area contributed by atoms with Crippen LogP contribution in [-0.4, -0.2) is 34.4 Å². The highest BCUT2D eigenvalue weighted by Crippen LogP contribution is 2.33. The van der Waals surface area contributed by atoms with Gasteiger partial charge in [0.05, 0.1) is 12.5 Å². The maximum absolute atomic E-state index is 12.8. The molecule has 2 heterocycles. The van der Waals surface area contributed by atoms with Crippen LogP contribution in [0.15, 0.2) is 28.7 Å². The van der Waals surface area contributed by atoms with E-state index in [4.69, 9.17) is 16.0 Å². The molecule has 0 saturated carbocycles. The van der Waals surface area contributed by atoms with Gasteiger partial charge in [0.15, 0.2) is 0 Å². The first-order chi connectivity index (χ1) is 10.9. The Labute approximate surface area is 136 Å². The van der Waals surface area contributed by atoms with Crippen LogP contribution in [0.2, 0.25) is 5.02 Å². The molecule has 1 aromatic carbocycles. The zero-order valence-electron chi connectivity index (χ0n) is 12.2. The third-order valence-corrected chi connectivity index (χ3v) is 4.10. The first-order valence-electron chi connectivity index (χ1n) is 7.29. The summed E-state index contributed by atoms with van der Waals surface area (Å²) in [6.45, 7) is 0.792. The third-order valence-electron chi connectivity index (χ3n) is 3.87. The number of piperidine rings is 1. The van der Waals surface area contributed by atoms with Gasteiger partial charge in [-0.15, -0.1) is 10.2 Å². The highest BCUT2D eigenvalue weighted by atomic mass is 35.5. The van der Waals surface area contributed by atoms with Crippen molar-refractivity contribution in [2.24, 2.45) is 5.92 Å². The molecule has 0 radical (unpaired) electrons. The highest BCUT2D eigenvalue weighted by Gasteiger charge is 2.41. The van der Waals surface area contributed by atoms with Gasteiger partial charge in [0, 0.05) is 17.1 Å².